The number of fused-ring (bicyclic) bond motifs is 1. The zero-order valence-corrected chi connectivity index (χ0v) is 34.7. The molecule has 6 atom stereocenters. The third kappa shape index (κ3) is 10.5. The van der Waals surface area contributed by atoms with E-state index in [0.29, 0.717) is 16.0 Å². The number of nitro groups is 1. The van der Waals surface area contributed by atoms with E-state index in [2.05, 4.69) is 4.74 Å². The zero-order chi connectivity index (χ0) is 43.7. The number of benzene rings is 2. The van der Waals surface area contributed by atoms with Crippen molar-refractivity contribution in [1.29, 1.82) is 0 Å². The second kappa shape index (κ2) is 17.5. The topological polar surface area (TPSA) is 195 Å². The first-order valence-electron chi connectivity index (χ1n) is 18.9. The third-order valence-corrected chi connectivity index (χ3v) is 11.2. The highest BCUT2D eigenvalue weighted by atomic mass is 32.2. The number of non-ortho nitro benzene ring substituents is 1. The number of carbonyl (C=O) groups excluding carboxylic acids is 5. The van der Waals surface area contributed by atoms with Gasteiger partial charge < -0.3 is 29.0 Å². The lowest BCUT2D eigenvalue weighted by atomic mass is 9.79. The SMILES string of the molecule is CC(O)[C@H]1C(=O)N2C(C(=O)OCc3ccc([N+](=O)[O-])cc3)=C(S[C@H]3CC(C(=O)N(Cc4ccc(OC(F)F)cc4)C(=O)OC(C)(C)C)N(C(=O)OC(C)(C)C)C3)[C@H](C)[C@H]12. The van der Waals surface area contributed by atoms with Crippen molar-refractivity contribution < 1.29 is 61.7 Å². The van der Waals surface area contributed by atoms with E-state index in [1.807, 2.05) is 0 Å². The summed E-state index contributed by atoms with van der Waals surface area (Å²) in [6.45, 7) is 9.29. The average Bonchev–Trinajstić information content (AvgIpc) is 3.65. The van der Waals surface area contributed by atoms with Gasteiger partial charge in [-0.2, -0.15) is 8.78 Å². The van der Waals surface area contributed by atoms with Crippen LogP contribution in [0.2, 0.25) is 0 Å². The molecule has 19 heteroatoms. The standard InChI is InChI=1S/C40H48F2N4O12S/c1-21-30-29(22(2)47)34(49)45(30)31(35(50)55-20-24-9-13-25(14-10-24)46(53)54)32(21)59-27-17-28(43(19-27)37(51)57-39(3,4)5)33(48)44(38(52)58-40(6,7)8)18-23-11-15-26(16-12-23)56-36(41)42/h9-16,21-22,27-30,36,47H,17-20H2,1-8H3/t21-,22?,27+,28?,29-,30-/m1/s1. The first-order valence-corrected chi connectivity index (χ1v) is 19.7. The summed E-state index contributed by atoms with van der Waals surface area (Å²) in [5.41, 5.74) is -1.39. The molecule has 5 rings (SSSR count). The lowest BCUT2D eigenvalue weighted by molar-refractivity contribution is -0.384. The van der Waals surface area contributed by atoms with E-state index in [4.69, 9.17) is 14.2 Å². The highest BCUT2D eigenvalue weighted by Gasteiger charge is 2.61. The second-order valence-electron chi connectivity index (χ2n) is 16.5. The molecule has 59 heavy (non-hydrogen) atoms. The monoisotopic (exact) mass is 846 g/mol. The molecule has 0 saturated carbocycles. The molecule has 0 aromatic heterocycles. The largest absolute Gasteiger partial charge is 0.456 e. The number of likely N-dealkylation sites (tertiary alicyclic amines) is 1. The average molecular weight is 847 g/mol. The number of halogens is 2. The van der Waals surface area contributed by atoms with Gasteiger partial charge in [-0.3, -0.25) is 24.6 Å². The van der Waals surface area contributed by atoms with E-state index >= 15 is 0 Å². The number of ether oxygens (including phenoxy) is 4. The van der Waals surface area contributed by atoms with Crippen LogP contribution in [-0.2, 0) is 41.7 Å². The summed E-state index contributed by atoms with van der Waals surface area (Å²) in [5.74, 6) is -3.58. The van der Waals surface area contributed by atoms with Gasteiger partial charge in [0.05, 0.1) is 29.5 Å². The van der Waals surface area contributed by atoms with Crippen LogP contribution in [0.25, 0.3) is 0 Å². The van der Waals surface area contributed by atoms with Crippen molar-refractivity contribution in [3.05, 3.63) is 80.4 Å². The van der Waals surface area contributed by atoms with Gasteiger partial charge in [0, 0.05) is 34.8 Å². The summed E-state index contributed by atoms with van der Waals surface area (Å²) in [7, 11) is 0. The number of esters is 1. The molecule has 3 aliphatic rings. The molecule has 2 saturated heterocycles. The minimum Gasteiger partial charge on any atom is -0.456 e. The summed E-state index contributed by atoms with van der Waals surface area (Å²) < 4.78 is 46.9. The fourth-order valence-electron chi connectivity index (χ4n) is 7.11. The number of aliphatic hydroxyl groups is 1. The number of nitrogens with zero attached hydrogens (tertiary/aromatic N) is 4. The van der Waals surface area contributed by atoms with Crippen molar-refractivity contribution in [2.75, 3.05) is 6.54 Å². The number of aliphatic hydroxyl groups excluding tert-OH is 1. The van der Waals surface area contributed by atoms with E-state index in [1.165, 1.54) is 77.0 Å². The van der Waals surface area contributed by atoms with E-state index in [-0.39, 0.29) is 43.3 Å². The maximum absolute atomic E-state index is 14.6. The molecule has 320 valence electrons. The van der Waals surface area contributed by atoms with Crippen LogP contribution in [0.4, 0.5) is 24.1 Å². The van der Waals surface area contributed by atoms with E-state index in [1.54, 1.807) is 48.5 Å². The van der Waals surface area contributed by atoms with Crippen LogP contribution >= 0.6 is 11.8 Å². The number of hydrogen-bond acceptors (Lipinski definition) is 13. The molecular formula is C40H48F2N4O12S. The molecule has 4 amide bonds. The summed E-state index contributed by atoms with van der Waals surface area (Å²) >= 11 is 1.17. The molecule has 1 N–H and O–H groups in total. The molecule has 2 aromatic carbocycles. The molecule has 2 fully saturated rings. The van der Waals surface area contributed by atoms with Gasteiger partial charge in [-0.1, -0.05) is 19.1 Å². The number of amides is 4. The molecule has 0 aliphatic carbocycles. The molecule has 2 unspecified atom stereocenters. The minimum absolute atomic E-state index is 0.0387. The molecular weight excluding hydrogens is 799 g/mol. The molecule has 2 aromatic rings. The maximum Gasteiger partial charge on any atom is 0.417 e. The summed E-state index contributed by atoms with van der Waals surface area (Å²) in [5, 5.41) is 21.0. The Hall–Kier alpha value is -5.30. The minimum atomic E-state index is -3.06. The number of rotatable bonds is 12. The molecule has 3 heterocycles. The number of hydrogen-bond donors (Lipinski definition) is 1. The Balaban J connectivity index is 1.47. The van der Waals surface area contributed by atoms with E-state index < -0.39 is 88.0 Å². The van der Waals surface area contributed by atoms with Gasteiger partial charge >= 0.3 is 24.8 Å². The van der Waals surface area contributed by atoms with Gasteiger partial charge in [0.25, 0.3) is 11.6 Å². The van der Waals surface area contributed by atoms with Crippen molar-refractivity contribution in [3.63, 3.8) is 0 Å². The summed E-state index contributed by atoms with van der Waals surface area (Å²) in [6, 6.07) is 8.87. The van der Waals surface area contributed by atoms with Gasteiger partial charge in [-0.15, -0.1) is 11.8 Å². The highest BCUT2D eigenvalue weighted by molar-refractivity contribution is 8.03. The number of nitro benzene ring substituents is 1. The zero-order valence-electron chi connectivity index (χ0n) is 33.9. The fraction of sp³-hybridized carbons (Fsp3) is 0.525. The van der Waals surface area contributed by atoms with Crippen molar-refractivity contribution in [2.24, 2.45) is 11.8 Å². The quantitative estimate of drug-likeness (QED) is 0.0813. The lowest BCUT2D eigenvalue weighted by Crippen LogP contribution is -2.63. The Kier molecular flexibility index (Phi) is 13.3. The van der Waals surface area contributed by atoms with Gasteiger partial charge in [0.1, 0.15) is 35.3 Å². The third-order valence-electron chi connectivity index (χ3n) is 9.66. The van der Waals surface area contributed by atoms with Crippen molar-refractivity contribution in [2.45, 2.75) is 116 Å². The van der Waals surface area contributed by atoms with Crippen LogP contribution in [0.5, 0.6) is 5.75 Å². The van der Waals surface area contributed by atoms with Crippen LogP contribution in [-0.4, -0.2) is 102 Å². The first kappa shape index (κ1) is 44.8. The first-order chi connectivity index (χ1) is 27.5. The molecule has 3 aliphatic heterocycles. The number of β-lactam (4-membered cyclic amide) rings is 1. The fourth-order valence-corrected chi connectivity index (χ4v) is 8.63. The maximum atomic E-state index is 14.6. The van der Waals surface area contributed by atoms with Crippen LogP contribution in [0.3, 0.4) is 0 Å². The molecule has 0 radical (unpaired) electrons. The normalized spacial score (nSPS) is 22.1. The lowest BCUT2D eigenvalue weighted by Gasteiger charge is -2.46. The molecule has 16 nitrogen and oxygen atoms in total. The van der Waals surface area contributed by atoms with Gasteiger partial charge in [-0.25, -0.2) is 19.3 Å². The van der Waals surface area contributed by atoms with Crippen molar-refractivity contribution in [3.8, 4) is 5.75 Å². The number of alkyl halides is 2. The predicted octanol–water partition coefficient (Wildman–Crippen LogP) is 6.38. The Bertz CT molecular complexity index is 1980. The smallest absolute Gasteiger partial charge is 0.417 e. The number of thioether (sulfide) groups is 1. The van der Waals surface area contributed by atoms with Crippen LogP contribution < -0.4 is 4.74 Å². The predicted molar refractivity (Wildman–Crippen MR) is 207 cm³/mol. The van der Waals surface area contributed by atoms with Crippen LogP contribution in [0.15, 0.2) is 59.1 Å². The van der Waals surface area contributed by atoms with Crippen LogP contribution in [0.1, 0.15) is 72.9 Å². The Morgan fingerprint density at radius 2 is 1.58 bits per heavy atom. The van der Waals surface area contributed by atoms with Gasteiger partial charge in [0.2, 0.25) is 5.91 Å². The Morgan fingerprint density at radius 1 is 0.983 bits per heavy atom. The molecule has 0 spiro atoms. The molecule has 0 bridgehead atoms. The Labute approximate surface area is 343 Å². The van der Waals surface area contributed by atoms with Crippen LogP contribution in [0, 0.1) is 22.0 Å². The van der Waals surface area contributed by atoms with Gasteiger partial charge in [0.15, 0.2) is 0 Å². The van der Waals surface area contributed by atoms with Crippen molar-refractivity contribution in [1.82, 2.24) is 14.7 Å². The van der Waals surface area contributed by atoms with Crippen molar-refractivity contribution >= 4 is 47.4 Å². The second-order valence-corrected chi connectivity index (χ2v) is 17.9. The number of imide groups is 1. The Morgan fingerprint density at radius 3 is 2.12 bits per heavy atom. The van der Waals surface area contributed by atoms with Gasteiger partial charge in [-0.05, 0) is 90.3 Å². The van der Waals surface area contributed by atoms with E-state index in [9.17, 15) is 48.0 Å². The highest BCUT2D eigenvalue weighted by Crippen LogP contribution is 2.52. The number of carbonyl (C=O) groups is 5. The summed E-state index contributed by atoms with van der Waals surface area (Å²) in [6.07, 6.45) is -2.94. The van der Waals surface area contributed by atoms with E-state index in [0.717, 1.165) is 4.90 Å². The summed E-state index contributed by atoms with van der Waals surface area (Å²) in [4.78, 5) is 83.6.